The SMILES string of the molecule is Cc1nn(C)c(Cl)c1C(O)c1cccc2ncccc12. The molecule has 4 nitrogen and oxygen atoms in total. The molecule has 0 amide bonds. The van der Waals surface area contributed by atoms with Crippen molar-refractivity contribution in [1.82, 2.24) is 14.8 Å². The molecular formula is C15H14ClN3O. The Kier molecular flexibility index (Phi) is 3.20. The van der Waals surface area contributed by atoms with Gasteiger partial charge in [-0.3, -0.25) is 9.67 Å². The fraction of sp³-hybridized carbons (Fsp3) is 0.200. The summed E-state index contributed by atoms with van der Waals surface area (Å²) in [6.45, 7) is 1.84. The van der Waals surface area contributed by atoms with E-state index in [-0.39, 0.29) is 0 Å². The van der Waals surface area contributed by atoms with Gasteiger partial charge in [0.2, 0.25) is 0 Å². The molecule has 0 aliphatic heterocycles. The molecule has 2 heterocycles. The van der Waals surface area contributed by atoms with Crippen LogP contribution in [0.2, 0.25) is 5.15 Å². The van der Waals surface area contributed by atoms with E-state index >= 15 is 0 Å². The first kappa shape index (κ1) is 13.1. The molecular weight excluding hydrogens is 274 g/mol. The van der Waals surface area contributed by atoms with Crippen LogP contribution in [0.5, 0.6) is 0 Å². The van der Waals surface area contributed by atoms with Crippen molar-refractivity contribution in [1.29, 1.82) is 0 Å². The van der Waals surface area contributed by atoms with Crippen LogP contribution in [0.4, 0.5) is 0 Å². The maximum atomic E-state index is 10.7. The van der Waals surface area contributed by atoms with Crippen molar-refractivity contribution < 1.29 is 5.11 Å². The third kappa shape index (κ3) is 1.97. The van der Waals surface area contributed by atoms with Crippen molar-refractivity contribution in [2.75, 3.05) is 0 Å². The van der Waals surface area contributed by atoms with Gasteiger partial charge >= 0.3 is 0 Å². The number of hydrogen-bond donors (Lipinski definition) is 1. The Hall–Kier alpha value is -1.91. The third-order valence-corrected chi connectivity index (χ3v) is 3.89. The Morgan fingerprint density at radius 1 is 1.25 bits per heavy atom. The average Bonchev–Trinajstić information content (AvgIpc) is 2.71. The van der Waals surface area contributed by atoms with E-state index in [0.717, 1.165) is 22.2 Å². The van der Waals surface area contributed by atoms with E-state index in [1.807, 2.05) is 37.3 Å². The summed E-state index contributed by atoms with van der Waals surface area (Å²) >= 11 is 6.23. The average molecular weight is 288 g/mol. The molecule has 3 rings (SSSR count). The molecule has 5 heteroatoms. The number of halogens is 1. The summed E-state index contributed by atoms with van der Waals surface area (Å²) in [6.07, 6.45) is 0.921. The maximum Gasteiger partial charge on any atom is 0.133 e. The molecule has 0 saturated heterocycles. The number of fused-ring (bicyclic) bond motifs is 1. The lowest BCUT2D eigenvalue weighted by Crippen LogP contribution is -2.02. The first-order valence-corrected chi connectivity index (χ1v) is 6.68. The van der Waals surface area contributed by atoms with Crippen molar-refractivity contribution in [3.63, 3.8) is 0 Å². The molecule has 0 fully saturated rings. The van der Waals surface area contributed by atoms with Crippen molar-refractivity contribution in [3.8, 4) is 0 Å². The van der Waals surface area contributed by atoms with Gasteiger partial charge in [0.25, 0.3) is 0 Å². The zero-order valence-electron chi connectivity index (χ0n) is 11.2. The van der Waals surface area contributed by atoms with Crippen LogP contribution in [-0.2, 0) is 7.05 Å². The van der Waals surface area contributed by atoms with Crippen LogP contribution in [0.3, 0.4) is 0 Å². The van der Waals surface area contributed by atoms with Crippen LogP contribution in [-0.4, -0.2) is 19.9 Å². The summed E-state index contributed by atoms with van der Waals surface area (Å²) in [5.74, 6) is 0. The summed E-state index contributed by atoms with van der Waals surface area (Å²) < 4.78 is 1.57. The van der Waals surface area contributed by atoms with Crippen molar-refractivity contribution in [3.05, 3.63) is 58.5 Å². The Labute approximate surface area is 121 Å². The normalized spacial score (nSPS) is 12.8. The predicted molar refractivity (Wildman–Crippen MR) is 78.8 cm³/mol. The number of aryl methyl sites for hydroxylation is 2. The van der Waals surface area contributed by atoms with E-state index in [2.05, 4.69) is 10.1 Å². The van der Waals surface area contributed by atoms with Gasteiger partial charge in [0.15, 0.2) is 0 Å². The van der Waals surface area contributed by atoms with Gasteiger partial charge in [-0.05, 0) is 24.6 Å². The third-order valence-electron chi connectivity index (χ3n) is 3.44. The number of hydrogen-bond acceptors (Lipinski definition) is 3. The molecule has 1 unspecified atom stereocenters. The lowest BCUT2D eigenvalue weighted by molar-refractivity contribution is 0.221. The van der Waals surface area contributed by atoms with E-state index < -0.39 is 6.10 Å². The minimum atomic E-state index is -0.816. The minimum Gasteiger partial charge on any atom is -0.383 e. The van der Waals surface area contributed by atoms with Crippen molar-refractivity contribution in [2.45, 2.75) is 13.0 Å². The van der Waals surface area contributed by atoms with E-state index in [1.165, 1.54) is 0 Å². The van der Waals surface area contributed by atoms with E-state index in [0.29, 0.717) is 10.7 Å². The second-order valence-electron chi connectivity index (χ2n) is 4.73. The summed E-state index contributed by atoms with van der Waals surface area (Å²) in [7, 11) is 1.76. The molecule has 3 aromatic rings. The molecule has 0 saturated carbocycles. The van der Waals surface area contributed by atoms with Gasteiger partial charge < -0.3 is 5.11 Å². The van der Waals surface area contributed by atoms with Crippen LogP contribution in [0.1, 0.15) is 22.9 Å². The highest BCUT2D eigenvalue weighted by Crippen LogP contribution is 2.33. The lowest BCUT2D eigenvalue weighted by atomic mass is 9.98. The Morgan fingerprint density at radius 2 is 2.05 bits per heavy atom. The second-order valence-corrected chi connectivity index (χ2v) is 5.09. The highest BCUT2D eigenvalue weighted by molar-refractivity contribution is 6.30. The van der Waals surface area contributed by atoms with Crippen LogP contribution in [0, 0.1) is 6.92 Å². The van der Waals surface area contributed by atoms with Gasteiger partial charge in [-0.25, -0.2) is 0 Å². The van der Waals surface area contributed by atoms with E-state index in [1.54, 1.807) is 17.9 Å². The fourth-order valence-corrected chi connectivity index (χ4v) is 2.76. The first-order valence-electron chi connectivity index (χ1n) is 6.30. The minimum absolute atomic E-state index is 0.455. The summed E-state index contributed by atoms with van der Waals surface area (Å²) in [5, 5.41) is 16.3. The molecule has 0 bridgehead atoms. The second kappa shape index (κ2) is 4.89. The van der Waals surface area contributed by atoms with E-state index in [4.69, 9.17) is 11.6 Å². The number of nitrogens with zero attached hydrogens (tertiary/aromatic N) is 3. The van der Waals surface area contributed by atoms with E-state index in [9.17, 15) is 5.11 Å². The number of benzene rings is 1. The number of rotatable bonds is 2. The number of pyridine rings is 1. The largest absolute Gasteiger partial charge is 0.383 e. The fourth-order valence-electron chi connectivity index (χ4n) is 2.48. The Morgan fingerprint density at radius 3 is 2.75 bits per heavy atom. The van der Waals surface area contributed by atoms with Gasteiger partial charge in [0.05, 0.1) is 11.2 Å². The number of aliphatic hydroxyl groups excluding tert-OH is 1. The molecule has 1 atom stereocenters. The zero-order valence-corrected chi connectivity index (χ0v) is 12.0. The van der Waals surface area contributed by atoms with Crippen LogP contribution < -0.4 is 0 Å². The summed E-state index contributed by atoms with van der Waals surface area (Å²) in [6, 6.07) is 9.49. The topological polar surface area (TPSA) is 50.9 Å². The van der Waals surface area contributed by atoms with Crippen molar-refractivity contribution in [2.24, 2.45) is 7.05 Å². The molecule has 0 radical (unpaired) electrons. The molecule has 0 spiro atoms. The Bertz CT molecular complexity index is 777. The maximum absolute atomic E-state index is 10.7. The van der Waals surface area contributed by atoms with Gasteiger partial charge in [-0.2, -0.15) is 5.10 Å². The van der Waals surface area contributed by atoms with Gasteiger partial charge in [0.1, 0.15) is 11.3 Å². The molecule has 0 aliphatic rings. The molecule has 20 heavy (non-hydrogen) atoms. The molecule has 102 valence electrons. The smallest absolute Gasteiger partial charge is 0.133 e. The quantitative estimate of drug-likeness (QED) is 0.788. The number of aromatic nitrogens is 3. The molecule has 1 aromatic carbocycles. The predicted octanol–water partition coefficient (Wildman–Crippen LogP) is 3.01. The monoisotopic (exact) mass is 287 g/mol. The molecule has 1 N–H and O–H groups in total. The standard InChI is InChI=1S/C15H14ClN3O/c1-9-13(15(16)19(2)18-9)14(20)11-5-3-7-12-10(11)6-4-8-17-12/h3-8,14,20H,1-2H3. The van der Waals surface area contributed by atoms with Gasteiger partial charge in [-0.15, -0.1) is 0 Å². The molecule has 2 aromatic heterocycles. The lowest BCUT2D eigenvalue weighted by Gasteiger charge is -2.13. The summed E-state index contributed by atoms with van der Waals surface area (Å²) in [4.78, 5) is 4.30. The molecule has 0 aliphatic carbocycles. The number of aliphatic hydroxyl groups is 1. The highest BCUT2D eigenvalue weighted by atomic mass is 35.5. The van der Waals surface area contributed by atoms with Crippen LogP contribution in [0.25, 0.3) is 10.9 Å². The summed E-state index contributed by atoms with van der Waals surface area (Å²) in [5.41, 5.74) is 3.01. The van der Waals surface area contributed by atoms with Gasteiger partial charge in [-0.1, -0.05) is 29.8 Å². The zero-order chi connectivity index (χ0) is 14.3. The highest BCUT2D eigenvalue weighted by Gasteiger charge is 2.22. The Balaban J connectivity index is 2.20. The van der Waals surface area contributed by atoms with Crippen molar-refractivity contribution >= 4 is 22.5 Å². The van der Waals surface area contributed by atoms with Crippen LogP contribution in [0.15, 0.2) is 36.5 Å². The van der Waals surface area contributed by atoms with Crippen LogP contribution >= 0.6 is 11.6 Å². The van der Waals surface area contributed by atoms with Gasteiger partial charge in [0, 0.05) is 24.2 Å². The first-order chi connectivity index (χ1) is 9.59.